The first kappa shape index (κ1) is 9.35. The fraction of sp³-hybridized carbons (Fsp3) is 1.00. The standard InChI is InChI=1S/C3H11Br2NSi2/c1-3(2)6(7-4)8-5/h3H,7-8H2,1-2H3. The van der Waals surface area contributed by atoms with Crippen molar-refractivity contribution in [3.8, 4) is 0 Å². The van der Waals surface area contributed by atoms with Gasteiger partial charge in [-0.25, -0.2) is 0 Å². The second-order valence-corrected chi connectivity index (χ2v) is 7.93. The van der Waals surface area contributed by atoms with Gasteiger partial charge < -0.3 is 4.23 Å². The molecule has 0 radical (unpaired) electrons. The van der Waals surface area contributed by atoms with Crippen molar-refractivity contribution in [1.82, 2.24) is 4.23 Å². The Morgan fingerprint density at radius 2 is 1.62 bits per heavy atom. The molecule has 8 heavy (non-hydrogen) atoms. The molecule has 0 aliphatic carbocycles. The molecule has 0 unspecified atom stereocenters. The highest BCUT2D eigenvalue weighted by molar-refractivity contribution is 9.24. The zero-order valence-electron chi connectivity index (χ0n) is 5.19. The number of hydrogen-bond acceptors (Lipinski definition) is 1. The smallest absolute Gasteiger partial charge is 0.164 e. The predicted octanol–water partition coefficient (Wildman–Crippen LogP) is 0.484. The van der Waals surface area contributed by atoms with Gasteiger partial charge >= 0.3 is 0 Å². The van der Waals surface area contributed by atoms with Crippen molar-refractivity contribution in [3.63, 3.8) is 0 Å². The highest BCUT2D eigenvalue weighted by Crippen LogP contribution is 1.98. The highest BCUT2D eigenvalue weighted by atomic mass is 79.9. The second kappa shape index (κ2) is 5.16. The Morgan fingerprint density at radius 3 is 1.62 bits per heavy atom. The van der Waals surface area contributed by atoms with Gasteiger partial charge in [-0.15, -0.1) is 30.6 Å². The van der Waals surface area contributed by atoms with E-state index in [0.29, 0.717) is 0 Å². The van der Waals surface area contributed by atoms with Gasteiger partial charge in [0.1, 0.15) is 0 Å². The van der Waals surface area contributed by atoms with Gasteiger partial charge in [0.05, 0.1) is 0 Å². The maximum atomic E-state index is 3.55. The summed E-state index contributed by atoms with van der Waals surface area (Å²) in [7, 11) is -0.118. The van der Waals surface area contributed by atoms with Crippen LogP contribution in [0.15, 0.2) is 0 Å². The Hall–Kier alpha value is 1.35. The molecule has 1 nitrogen and oxygen atoms in total. The molecule has 50 valence electrons. The van der Waals surface area contributed by atoms with Gasteiger partial charge in [-0.1, -0.05) is 13.8 Å². The van der Waals surface area contributed by atoms with Gasteiger partial charge in [-0.3, -0.25) is 0 Å². The summed E-state index contributed by atoms with van der Waals surface area (Å²) in [6.07, 6.45) is 0. The average molecular weight is 277 g/mol. The van der Waals surface area contributed by atoms with Crippen LogP contribution in [0.2, 0.25) is 0 Å². The lowest BCUT2D eigenvalue weighted by Gasteiger charge is -2.19. The number of hydrogen-bond donors (Lipinski definition) is 0. The minimum Gasteiger partial charge on any atom is -0.336 e. The summed E-state index contributed by atoms with van der Waals surface area (Å²) in [5.41, 5.74) is 0. The van der Waals surface area contributed by atoms with Crippen LogP contribution in [0.1, 0.15) is 13.8 Å². The molecule has 0 N–H and O–H groups in total. The van der Waals surface area contributed by atoms with E-state index in [9.17, 15) is 0 Å². The molecule has 0 aliphatic rings. The van der Waals surface area contributed by atoms with Gasteiger partial charge in [0.2, 0.25) is 0 Å². The number of rotatable bonds is 3. The van der Waals surface area contributed by atoms with E-state index >= 15 is 0 Å². The van der Waals surface area contributed by atoms with E-state index in [1.54, 1.807) is 0 Å². The molecule has 0 amide bonds. The third-order valence-corrected chi connectivity index (χ3v) is 12.2. The largest absolute Gasteiger partial charge is 0.336 e. The Bertz CT molecular complexity index is 57.2. The Kier molecular flexibility index (Phi) is 6.04. The van der Waals surface area contributed by atoms with Crippen LogP contribution in [0.4, 0.5) is 0 Å². The van der Waals surface area contributed by atoms with E-state index in [2.05, 4.69) is 48.7 Å². The maximum absolute atomic E-state index is 3.55. The monoisotopic (exact) mass is 275 g/mol. The molecule has 5 heteroatoms. The molecule has 0 saturated carbocycles. The minimum absolute atomic E-state index is 0.0588. The zero-order valence-corrected chi connectivity index (χ0v) is 11.2. The van der Waals surface area contributed by atoms with E-state index in [1.807, 2.05) is 0 Å². The van der Waals surface area contributed by atoms with Crippen LogP contribution >= 0.6 is 30.6 Å². The van der Waals surface area contributed by atoms with Gasteiger partial charge in [-0.2, -0.15) is 0 Å². The Labute approximate surface area is 71.2 Å². The third-order valence-electron chi connectivity index (χ3n) is 1.04. The highest BCUT2D eigenvalue weighted by Gasteiger charge is 2.03. The fourth-order valence-corrected chi connectivity index (χ4v) is 12.1. The number of nitrogens with zero attached hydrogens (tertiary/aromatic N) is 1. The lowest BCUT2D eigenvalue weighted by Crippen LogP contribution is -2.32. The molecular weight excluding hydrogens is 266 g/mol. The summed E-state index contributed by atoms with van der Waals surface area (Å²) in [6.45, 7) is 4.48. The van der Waals surface area contributed by atoms with Crippen molar-refractivity contribution >= 4 is 47.2 Å². The Morgan fingerprint density at radius 1 is 1.25 bits per heavy atom. The lowest BCUT2D eigenvalue weighted by molar-refractivity contribution is 0.565. The van der Waals surface area contributed by atoms with Gasteiger partial charge in [0.15, 0.2) is 16.6 Å². The maximum Gasteiger partial charge on any atom is 0.164 e. The molecule has 0 aromatic heterocycles. The summed E-state index contributed by atoms with van der Waals surface area (Å²) in [6, 6.07) is 0.743. The molecule has 0 aromatic carbocycles. The van der Waals surface area contributed by atoms with Crippen LogP contribution < -0.4 is 0 Å². The molecular formula is C3H11Br2NSi2. The summed E-state index contributed by atoms with van der Waals surface area (Å²) >= 11 is 7.09. The van der Waals surface area contributed by atoms with Crippen LogP contribution in [0.3, 0.4) is 0 Å². The molecule has 0 atom stereocenters. The average Bonchev–Trinajstić information content (AvgIpc) is 1.69. The van der Waals surface area contributed by atoms with Crippen molar-refractivity contribution in [2.75, 3.05) is 0 Å². The van der Waals surface area contributed by atoms with Crippen molar-refractivity contribution < 1.29 is 0 Å². The molecule has 0 heterocycles. The molecule has 0 spiro atoms. The van der Waals surface area contributed by atoms with Crippen LogP contribution in [0.5, 0.6) is 0 Å². The van der Waals surface area contributed by atoms with Crippen molar-refractivity contribution in [2.24, 2.45) is 0 Å². The molecule has 0 bridgehead atoms. The van der Waals surface area contributed by atoms with Crippen molar-refractivity contribution in [3.05, 3.63) is 0 Å². The van der Waals surface area contributed by atoms with Gasteiger partial charge in [0, 0.05) is 0 Å². The summed E-state index contributed by atoms with van der Waals surface area (Å²) in [4.78, 5) is 0. The van der Waals surface area contributed by atoms with Crippen LogP contribution in [0, 0.1) is 0 Å². The molecule has 0 saturated heterocycles. The summed E-state index contributed by atoms with van der Waals surface area (Å²) < 4.78 is 2.53. The van der Waals surface area contributed by atoms with E-state index < -0.39 is 0 Å². The molecule has 0 rings (SSSR count). The van der Waals surface area contributed by atoms with Crippen LogP contribution in [-0.4, -0.2) is 26.9 Å². The topological polar surface area (TPSA) is 3.24 Å². The number of halogens is 2. The summed E-state index contributed by atoms with van der Waals surface area (Å²) in [5, 5.41) is 0. The molecule has 0 aliphatic heterocycles. The van der Waals surface area contributed by atoms with E-state index in [-0.39, 0.29) is 16.6 Å². The minimum atomic E-state index is -0.0588. The summed E-state index contributed by atoms with van der Waals surface area (Å²) in [5.74, 6) is 0. The Balaban J connectivity index is 3.35. The van der Waals surface area contributed by atoms with E-state index in [4.69, 9.17) is 0 Å². The molecule has 0 aromatic rings. The van der Waals surface area contributed by atoms with Crippen molar-refractivity contribution in [1.29, 1.82) is 0 Å². The van der Waals surface area contributed by atoms with Gasteiger partial charge in [-0.05, 0) is 6.04 Å². The fourth-order valence-electron chi connectivity index (χ4n) is 0.308. The third kappa shape index (κ3) is 3.39. The van der Waals surface area contributed by atoms with Crippen LogP contribution in [-0.2, 0) is 0 Å². The first-order chi connectivity index (χ1) is 3.72. The first-order valence-corrected chi connectivity index (χ1v) is 11.6. The molecule has 0 fully saturated rings. The quantitative estimate of drug-likeness (QED) is 0.536. The van der Waals surface area contributed by atoms with Gasteiger partial charge in [0.25, 0.3) is 0 Å². The van der Waals surface area contributed by atoms with E-state index in [1.165, 1.54) is 0 Å². The second-order valence-electron chi connectivity index (χ2n) is 1.92. The van der Waals surface area contributed by atoms with E-state index in [0.717, 1.165) is 6.04 Å². The predicted molar refractivity (Wildman–Crippen MR) is 51.9 cm³/mol. The van der Waals surface area contributed by atoms with Crippen molar-refractivity contribution in [2.45, 2.75) is 19.9 Å². The zero-order chi connectivity index (χ0) is 6.57. The SMILES string of the molecule is CC(C)N([SiH2]Br)[SiH2]Br. The van der Waals surface area contributed by atoms with Crippen LogP contribution in [0.25, 0.3) is 0 Å². The first-order valence-electron chi connectivity index (χ1n) is 2.58. The lowest BCUT2D eigenvalue weighted by atomic mass is 10.4. The normalized spacial score (nSPS) is 14.2.